The molecule has 0 saturated heterocycles. The molecule has 0 spiro atoms. The molecule has 0 fully saturated rings. The molecule has 0 aliphatic rings. The molecule has 1 amide bonds. The predicted molar refractivity (Wildman–Crippen MR) is 135 cm³/mol. The molecule has 0 heterocycles. The smallest absolute Gasteiger partial charge is 0.264 e. The fraction of sp³-hybridized carbons (Fsp3) is 0.269. The van der Waals surface area contributed by atoms with E-state index < -0.39 is 22.5 Å². The molecule has 0 aliphatic heterocycles. The number of methoxy groups -OCH3 is 1. The third kappa shape index (κ3) is 6.89. The first-order valence-electron chi connectivity index (χ1n) is 11.2. The lowest BCUT2D eigenvalue weighted by Gasteiger charge is -2.26. The number of aryl methyl sites for hydroxylation is 1. The van der Waals surface area contributed by atoms with Gasteiger partial charge in [0.2, 0.25) is 5.91 Å². The van der Waals surface area contributed by atoms with Gasteiger partial charge in [-0.25, -0.2) is 8.42 Å². The van der Waals surface area contributed by atoms with Crippen molar-refractivity contribution in [1.29, 1.82) is 0 Å². The summed E-state index contributed by atoms with van der Waals surface area (Å²) in [6.07, 6.45) is 0. The highest BCUT2D eigenvalue weighted by Gasteiger charge is 2.29. The summed E-state index contributed by atoms with van der Waals surface area (Å²) in [5, 5.41) is 2.72. The van der Waals surface area contributed by atoms with E-state index in [1.165, 1.54) is 12.1 Å². The van der Waals surface area contributed by atoms with Crippen molar-refractivity contribution in [2.75, 3.05) is 37.7 Å². The van der Waals surface area contributed by atoms with Crippen LogP contribution < -0.4 is 23.8 Å². The number of carbonyl (C=O) groups excluding carboxylic acids is 1. The second kappa shape index (κ2) is 12.1. The second-order valence-corrected chi connectivity index (χ2v) is 9.47. The third-order valence-corrected chi connectivity index (χ3v) is 6.84. The number of rotatable bonds is 12. The number of amides is 1. The zero-order valence-electron chi connectivity index (χ0n) is 20.1. The summed E-state index contributed by atoms with van der Waals surface area (Å²) in [7, 11) is -2.47. The van der Waals surface area contributed by atoms with Gasteiger partial charge >= 0.3 is 0 Å². The van der Waals surface area contributed by atoms with E-state index in [1.54, 1.807) is 67.8 Å². The number of anilines is 1. The van der Waals surface area contributed by atoms with Crippen molar-refractivity contribution in [2.45, 2.75) is 18.7 Å². The lowest BCUT2D eigenvalue weighted by atomic mass is 10.2. The molecule has 0 radical (unpaired) electrons. The lowest BCUT2D eigenvalue weighted by Crippen LogP contribution is -2.42. The molecule has 3 aromatic rings. The number of hydrogen-bond acceptors (Lipinski definition) is 6. The Bertz CT molecular complexity index is 1230. The van der Waals surface area contributed by atoms with E-state index in [0.717, 1.165) is 9.87 Å². The normalized spacial score (nSPS) is 10.9. The lowest BCUT2D eigenvalue weighted by molar-refractivity contribution is -0.119. The summed E-state index contributed by atoms with van der Waals surface area (Å²) in [4.78, 5) is 12.9. The maximum atomic E-state index is 13.6. The summed E-state index contributed by atoms with van der Waals surface area (Å²) in [5.74, 6) is 1.17. The van der Waals surface area contributed by atoms with Gasteiger partial charge in [-0.3, -0.25) is 9.10 Å². The molecular weight excluding hydrogens is 468 g/mol. The third-order valence-electron chi connectivity index (χ3n) is 5.06. The van der Waals surface area contributed by atoms with Crippen LogP contribution in [0.15, 0.2) is 77.7 Å². The van der Waals surface area contributed by atoms with Crippen molar-refractivity contribution in [1.82, 2.24) is 5.32 Å². The number of carbonyl (C=O) groups is 1. The van der Waals surface area contributed by atoms with Crippen LogP contribution in [0.5, 0.6) is 17.2 Å². The topological polar surface area (TPSA) is 94.2 Å². The molecule has 0 atom stereocenters. The molecule has 3 aromatic carbocycles. The Hall–Kier alpha value is -3.72. The van der Waals surface area contributed by atoms with E-state index in [0.29, 0.717) is 23.9 Å². The molecule has 0 saturated carbocycles. The van der Waals surface area contributed by atoms with Crippen LogP contribution >= 0.6 is 0 Å². The Balaban J connectivity index is 1.75. The van der Waals surface area contributed by atoms with Gasteiger partial charge in [-0.1, -0.05) is 35.9 Å². The minimum atomic E-state index is -4.04. The van der Waals surface area contributed by atoms with Crippen molar-refractivity contribution < 1.29 is 27.4 Å². The maximum absolute atomic E-state index is 13.6. The van der Waals surface area contributed by atoms with Crippen molar-refractivity contribution in [3.8, 4) is 17.2 Å². The molecular formula is C26H30N2O6S. The molecule has 0 bridgehead atoms. The van der Waals surface area contributed by atoms with E-state index in [1.807, 2.05) is 13.8 Å². The second-order valence-electron chi connectivity index (χ2n) is 7.60. The Morgan fingerprint density at radius 2 is 1.66 bits per heavy atom. The maximum Gasteiger partial charge on any atom is 0.264 e. The van der Waals surface area contributed by atoms with Gasteiger partial charge in [-0.05, 0) is 50.2 Å². The molecule has 0 unspecified atom stereocenters. The number of ether oxygens (including phenoxy) is 3. The van der Waals surface area contributed by atoms with Gasteiger partial charge in [0.15, 0.2) is 0 Å². The van der Waals surface area contributed by atoms with Crippen molar-refractivity contribution in [3.63, 3.8) is 0 Å². The molecule has 0 aliphatic carbocycles. The van der Waals surface area contributed by atoms with E-state index in [-0.39, 0.29) is 23.7 Å². The van der Waals surface area contributed by atoms with Crippen LogP contribution in [0.3, 0.4) is 0 Å². The van der Waals surface area contributed by atoms with Crippen LogP contribution in [0.1, 0.15) is 12.5 Å². The van der Waals surface area contributed by atoms with E-state index in [9.17, 15) is 13.2 Å². The van der Waals surface area contributed by atoms with Crippen molar-refractivity contribution >= 4 is 21.6 Å². The fourth-order valence-electron chi connectivity index (χ4n) is 3.31. The Morgan fingerprint density at radius 3 is 2.37 bits per heavy atom. The van der Waals surface area contributed by atoms with Crippen LogP contribution in [0.4, 0.5) is 5.69 Å². The number of nitrogens with one attached hydrogen (secondary N) is 1. The van der Waals surface area contributed by atoms with Crippen LogP contribution in [0.25, 0.3) is 0 Å². The number of para-hydroxylation sites is 2. The fourth-order valence-corrected chi connectivity index (χ4v) is 4.75. The van der Waals surface area contributed by atoms with Crippen LogP contribution in [0.2, 0.25) is 0 Å². The first-order valence-corrected chi connectivity index (χ1v) is 12.6. The molecule has 186 valence electrons. The average molecular weight is 499 g/mol. The quantitative estimate of drug-likeness (QED) is 0.382. The van der Waals surface area contributed by atoms with E-state index in [2.05, 4.69) is 5.32 Å². The highest BCUT2D eigenvalue weighted by atomic mass is 32.2. The number of hydrogen-bond donors (Lipinski definition) is 1. The first kappa shape index (κ1) is 25.9. The van der Waals surface area contributed by atoms with Crippen LogP contribution in [0, 0.1) is 6.92 Å². The standard InChI is InChI=1S/C26H30N2O6S/c1-4-33-25-11-6-5-10-24(25)28(35(30,31)23-14-12-20(2)13-15-23)19-26(29)27-16-17-34-22-9-7-8-21(18-22)32-3/h5-15,18H,4,16-17,19H2,1-3H3,(H,27,29). The molecule has 35 heavy (non-hydrogen) atoms. The van der Waals surface area contributed by atoms with Gasteiger partial charge in [0.05, 0.1) is 30.8 Å². The van der Waals surface area contributed by atoms with Gasteiger partial charge < -0.3 is 19.5 Å². The van der Waals surface area contributed by atoms with Gasteiger partial charge in [0.25, 0.3) is 10.0 Å². The van der Waals surface area contributed by atoms with Gasteiger partial charge in [0, 0.05) is 6.07 Å². The Morgan fingerprint density at radius 1 is 0.943 bits per heavy atom. The molecule has 1 N–H and O–H groups in total. The van der Waals surface area contributed by atoms with E-state index in [4.69, 9.17) is 14.2 Å². The minimum Gasteiger partial charge on any atom is -0.497 e. The highest BCUT2D eigenvalue weighted by Crippen LogP contribution is 2.32. The Kier molecular flexibility index (Phi) is 8.97. The van der Waals surface area contributed by atoms with Crippen LogP contribution in [-0.2, 0) is 14.8 Å². The summed E-state index contributed by atoms with van der Waals surface area (Å²) < 4.78 is 44.7. The SMILES string of the molecule is CCOc1ccccc1N(CC(=O)NCCOc1cccc(OC)c1)S(=O)(=O)c1ccc(C)cc1. The minimum absolute atomic E-state index is 0.0866. The molecule has 0 aromatic heterocycles. The monoisotopic (exact) mass is 498 g/mol. The largest absolute Gasteiger partial charge is 0.497 e. The van der Waals surface area contributed by atoms with Gasteiger partial charge in [-0.2, -0.15) is 0 Å². The van der Waals surface area contributed by atoms with Crippen LogP contribution in [-0.4, -0.2) is 47.7 Å². The van der Waals surface area contributed by atoms with Crippen molar-refractivity contribution in [2.24, 2.45) is 0 Å². The Labute approximate surface area is 206 Å². The van der Waals surface area contributed by atoms with E-state index >= 15 is 0 Å². The molecule has 3 rings (SSSR count). The summed E-state index contributed by atoms with van der Waals surface area (Å²) in [6, 6.07) is 20.4. The summed E-state index contributed by atoms with van der Waals surface area (Å²) in [5.41, 5.74) is 1.22. The summed E-state index contributed by atoms with van der Waals surface area (Å²) in [6.45, 7) is 4.02. The van der Waals surface area contributed by atoms with Crippen molar-refractivity contribution in [3.05, 3.63) is 78.4 Å². The predicted octanol–water partition coefficient (Wildman–Crippen LogP) is 3.79. The summed E-state index contributed by atoms with van der Waals surface area (Å²) >= 11 is 0. The highest BCUT2D eigenvalue weighted by molar-refractivity contribution is 7.92. The molecule has 9 heteroatoms. The van der Waals surface area contributed by atoms with Gasteiger partial charge in [-0.15, -0.1) is 0 Å². The van der Waals surface area contributed by atoms with Gasteiger partial charge in [0.1, 0.15) is 30.4 Å². The first-order chi connectivity index (χ1) is 16.8. The average Bonchev–Trinajstić information content (AvgIpc) is 2.86. The molecule has 8 nitrogen and oxygen atoms in total. The zero-order valence-corrected chi connectivity index (χ0v) is 20.9. The number of benzene rings is 3. The number of sulfonamides is 1. The zero-order chi connectivity index (χ0) is 25.3. The number of nitrogens with zero attached hydrogens (tertiary/aromatic N) is 1.